The SMILES string of the molecule is NCCCCC(NC(=O)C(N)CO)C(=O)NCC(=O)NC(CC(=O)O)C(=O)O. The van der Waals surface area contributed by atoms with Crippen LogP contribution in [0.15, 0.2) is 0 Å². The fourth-order valence-corrected chi connectivity index (χ4v) is 2.03. The number of amides is 3. The van der Waals surface area contributed by atoms with Gasteiger partial charge in [0.1, 0.15) is 18.1 Å². The minimum absolute atomic E-state index is 0.200. The minimum atomic E-state index is -1.65. The highest BCUT2D eigenvalue weighted by Gasteiger charge is 2.25. The van der Waals surface area contributed by atoms with E-state index in [9.17, 15) is 24.0 Å². The molecule has 0 aromatic carbocycles. The highest BCUT2D eigenvalue weighted by Crippen LogP contribution is 2.01. The first kappa shape index (κ1) is 25.2. The van der Waals surface area contributed by atoms with E-state index in [0.29, 0.717) is 19.4 Å². The van der Waals surface area contributed by atoms with Gasteiger partial charge in [-0.25, -0.2) is 4.79 Å². The first-order valence-electron chi connectivity index (χ1n) is 8.50. The number of carboxylic acid groups (broad SMARTS) is 2. The van der Waals surface area contributed by atoms with Crippen LogP contribution >= 0.6 is 0 Å². The van der Waals surface area contributed by atoms with Gasteiger partial charge >= 0.3 is 11.9 Å². The van der Waals surface area contributed by atoms with E-state index in [1.165, 1.54) is 0 Å². The number of unbranched alkanes of at least 4 members (excludes halogenated alkanes) is 1. The van der Waals surface area contributed by atoms with Crippen LogP contribution in [0.1, 0.15) is 25.7 Å². The first-order chi connectivity index (χ1) is 13.1. The van der Waals surface area contributed by atoms with Crippen LogP contribution in [0.2, 0.25) is 0 Å². The maximum absolute atomic E-state index is 12.2. The van der Waals surface area contributed by atoms with Crippen molar-refractivity contribution in [3.05, 3.63) is 0 Å². The fraction of sp³-hybridized carbons (Fsp3) is 0.667. The maximum atomic E-state index is 12.2. The zero-order valence-electron chi connectivity index (χ0n) is 15.2. The molecule has 0 saturated heterocycles. The Morgan fingerprint density at radius 2 is 1.57 bits per heavy atom. The Balaban J connectivity index is 4.77. The van der Waals surface area contributed by atoms with E-state index in [-0.39, 0.29) is 6.42 Å². The summed E-state index contributed by atoms with van der Waals surface area (Å²) in [7, 11) is 0. The lowest BCUT2D eigenvalue weighted by Crippen LogP contribution is -2.54. The van der Waals surface area contributed by atoms with Crippen molar-refractivity contribution in [1.29, 1.82) is 0 Å². The molecular formula is C15H27N5O8. The van der Waals surface area contributed by atoms with Gasteiger partial charge in [-0.1, -0.05) is 0 Å². The topological polar surface area (TPSA) is 234 Å². The maximum Gasteiger partial charge on any atom is 0.326 e. The van der Waals surface area contributed by atoms with Crippen molar-refractivity contribution in [2.45, 2.75) is 43.8 Å². The van der Waals surface area contributed by atoms with Gasteiger partial charge in [0.15, 0.2) is 0 Å². The van der Waals surface area contributed by atoms with Crippen LogP contribution in [0, 0.1) is 0 Å². The summed E-state index contributed by atoms with van der Waals surface area (Å²) in [5, 5.41) is 33.0. The lowest BCUT2D eigenvalue weighted by Gasteiger charge is -2.20. The summed E-state index contributed by atoms with van der Waals surface area (Å²) in [4.78, 5) is 57.3. The third-order valence-electron chi connectivity index (χ3n) is 3.55. The van der Waals surface area contributed by atoms with Crippen molar-refractivity contribution in [1.82, 2.24) is 16.0 Å². The Labute approximate surface area is 160 Å². The number of nitrogens with one attached hydrogen (secondary N) is 3. The summed E-state index contributed by atoms with van der Waals surface area (Å²) < 4.78 is 0. The lowest BCUT2D eigenvalue weighted by molar-refractivity contribution is -0.147. The van der Waals surface area contributed by atoms with Gasteiger partial charge in [-0.15, -0.1) is 0 Å². The largest absolute Gasteiger partial charge is 0.481 e. The number of aliphatic hydroxyl groups excluding tert-OH is 1. The quantitative estimate of drug-likeness (QED) is 0.131. The number of carbonyl (C=O) groups excluding carboxylic acids is 3. The molecule has 0 heterocycles. The summed E-state index contributed by atoms with van der Waals surface area (Å²) in [6, 6.07) is -3.91. The molecule has 0 aliphatic rings. The van der Waals surface area contributed by atoms with E-state index in [2.05, 4.69) is 10.6 Å². The van der Waals surface area contributed by atoms with Crippen LogP contribution in [-0.2, 0) is 24.0 Å². The van der Waals surface area contributed by atoms with E-state index >= 15 is 0 Å². The van der Waals surface area contributed by atoms with E-state index in [1.54, 1.807) is 0 Å². The van der Waals surface area contributed by atoms with Crippen molar-refractivity contribution < 1.29 is 39.3 Å². The molecule has 13 nitrogen and oxygen atoms in total. The predicted octanol–water partition coefficient (Wildman–Crippen LogP) is -3.92. The Hall–Kier alpha value is -2.77. The highest BCUT2D eigenvalue weighted by molar-refractivity contribution is 5.93. The average Bonchev–Trinajstić information content (AvgIpc) is 2.63. The Kier molecular flexibility index (Phi) is 12.1. The second-order valence-electron chi connectivity index (χ2n) is 5.91. The van der Waals surface area contributed by atoms with Gasteiger partial charge in [0.2, 0.25) is 17.7 Å². The number of hydrogen-bond donors (Lipinski definition) is 8. The van der Waals surface area contributed by atoms with Crippen LogP contribution in [-0.4, -0.2) is 82.8 Å². The average molecular weight is 405 g/mol. The fourth-order valence-electron chi connectivity index (χ4n) is 2.03. The van der Waals surface area contributed by atoms with Gasteiger partial charge in [0.05, 0.1) is 19.6 Å². The molecule has 10 N–H and O–H groups in total. The number of aliphatic hydroxyl groups is 1. The van der Waals surface area contributed by atoms with Crippen molar-refractivity contribution in [2.75, 3.05) is 19.7 Å². The summed E-state index contributed by atoms with van der Waals surface area (Å²) in [5.41, 5.74) is 10.8. The van der Waals surface area contributed by atoms with Gasteiger partial charge in [-0.05, 0) is 25.8 Å². The molecule has 0 spiro atoms. The molecule has 13 heteroatoms. The summed E-state index contributed by atoms with van der Waals surface area (Å²) in [6.07, 6.45) is 0.452. The van der Waals surface area contributed by atoms with Crippen LogP contribution in [0.3, 0.4) is 0 Å². The van der Waals surface area contributed by atoms with Crippen LogP contribution < -0.4 is 27.4 Å². The molecule has 3 unspecified atom stereocenters. The summed E-state index contributed by atoms with van der Waals surface area (Å²) in [6.45, 7) is -0.871. The molecule has 28 heavy (non-hydrogen) atoms. The van der Waals surface area contributed by atoms with Crippen LogP contribution in [0.25, 0.3) is 0 Å². The standard InChI is InChI=1S/C15H27N5O8/c16-4-2-1-3-9(20-13(25)8(17)7-21)14(26)18-6-11(22)19-10(15(27)28)5-12(23)24/h8-10,21H,1-7,16-17H2,(H,18,26)(H,19,22)(H,20,25)(H,23,24)(H,27,28). The van der Waals surface area contributed by atoms with Crippen LogP contribution in [0.4, 0.5) is 0 Å². The van der Waals surface area contributed by atoms with Gasteiger partial charge in [0, 0.05) is 0 Å². The molecule has 160 valence electrons. The Morgan fingerprint density at radius 1 is 0.929 bits per heavy atom. The minimum Gasteiger partial charge on any atom is -0.481 e. The molecule has 0 bridgehead atoms. The van der Waals surface area contributed by atoms with E-state index in [4.69, 9.17) is 26.8 Å². The number of aliphatic carboxylic acids is 2. The number of hydrogen-bond acceptors (Lipinski definition) is 8. The van der Waals surface area contributed by atoms with Gasteiger partial charge in [-0.3, -0.25) is 19.2 Å². The third-order valence-corrected chi connectivity index (χ3v) is 3.55. The molecule has 3 atom stereocenters. The van der Waals surface area contributed by atoms with Crippen molar-refractivity contribution in [2.24, 2.45) is 11.5 Å². The monoisotopic (exact) mass is 405 g/mol. The Morgan fingerprint density at radius 3 is 2.07 bits per heavy atom. The molecule has 0 aliphatic carbocycles. The normalized spacial score (nSPS) is 13.7. The number of carbonyl (C=O) groups is 5. The molecule has 0 aromatic rings. The summed E-state index contributed by atoms with van der Waals surface area (Å²) in [5.74, 6) is -5.35. The molecule has 0 radical (unpaired) electrons. The van der Waals surface area contributed by atoms with Gasteiger partial charge in [0.25, 0.3) is 0 Å². The number of rotatable bonds is 14. The van der Waals surface area contributed by atoms with E-state index < -0.39 is 67.4 Å². The zero-order chi connectivity index (χ0) is 21.7. The molecule has 3 amide bonds. The van der Waals surface area contributed by atoms with Gasteiger partial charge in [-0.2, -0.15) is 0 Å². The van der Waals surface area contributed by atoms with Crippen molar-refractivity contribution in [3.8, 4) is 0 Å². The molecule has 0 fully saturated rings. The zero-order valence-corrected chi connectivity index (χ0v) is 15.2. The second-order valence-corrected chi connectivity index (χ2v) is 5.91. The molecule has 0 saturated carbocycles. The Bertz CT molecular complexity index is 571. The first-order valence-corrected chi connectivity index (χ1v) is 8.50. The van der Waals surface area contributed by atoms with Gasteiger partial charge < -0.3 is 42.7 Å². The van der Waals surface area contributed by atoms with Crippen LogP contribution in [0.5, 0.6) is 0 Å². The van der Waals surface area contributed by atoms with E-state index in [0.717, 1.165) is 0 Å². The number of carboxylic acids is 2. The molecule has 0 rings (SSSR count). The predicted molar refractivity (Wildman–Crippen MR) is 94.7 cm³/mol. The molecule has 0 aromatic heterocycles. The van der Waals surface area contributed by atoms with Crippen molar-refractivity contribution in [3.63, 3.8) is 0 Å². The molecule has 0 aliphatic heterocycles. The molecular weight excluding hydrogens is 378 g/mol. The second kappa shape index (κ2) is 13.4. The smallest absolute Gasteiger partial charge is 0.326 e. The van der Waals surface area contributed by atoms with E-state index in [1.807, 2.05) is 5.32 Å². The lowest BCUT2D eigenvalue weighted by atomic mass is 10.1. The number of nitrogens with two attached hydrogens (primary N) is 2. The summed E-state index contributed by atoms with van der Waals surface area (Å²) >= 11 is 0. The van der Waals surface area contributed by atoms with Crippen molar-refractivity contribution >= 4 is 29.7 Å². The highest BCUT2D eigenvalue weighted by atomic mass is 16.4. The third kappa shape index (κ3) is 10.4.